The van der Waals surface area contributed by atoms with Crippen molar-refractivity contribution < 1.29 is 31.8 Å². The smallest absolute Gasteiger partial charge is 0.309 e. The van der Waals surface area contributed by atoms with Gasteiger partial charge >= 0.3 is 15.2 Å². The summed E-state index contributed by atoms with van der Waals surface area (Å²) in [5, 5.41) is 0.258. The molecular weight excluding hydrogens is 346 g/mol. The van der Waals surface area contributed by atoms with Gasteiger partial charge in [0.15, 0.2) is 0 Å². The summed E-state index contributed by atoms with van der Waals surface area (Å²) in [6, 6.07) is 8.73. The summed E-state index contributed by atoms with van der Waals surface area (Å²) in [6.07, 6.45) is -2.40. The third kappa shape index (κ3) is 4.71. The van der Waals surface area contributed by atoms with E-state index >= 15 is 0 Å². The van der Waals surface area contributed by atoms with Gasteiger partial charge in [0.05, 0.1) is 11.2 Å². The van der Waals surface area contributed by atoms with E-state index in [1.54, 1.807) is 37.3 Å². The van der Waals surface area contributed by atoms with Crippen LogP contribution in [-0.4, -0.2) is 27.2 Å². The number of nitrogens with zero attached hydrogens (tertiary/aromatic N) is 1. The van der Waals surface area contributed by atoms with Crippen molar-refractivity contribution in [2.75, 3.05) is 0 Å². The number of rotatable bonds is 5. The first-order valence-corrected chi connectivity index (χ1v) is 8.87. The highest BCUT2D eigenvalue weighted by Gasteiger charge is 2.34. The third-order valence-electron chi connectivity index (χ3n) is 2.87. The molecule has 1 aliphatic heterocycles. The molecule has 0 saturated carbocycles. The van der Waals surface area contributed by atoms with Crippen LogP contribution in [0.2, 0.25) is 0 Å². The van der Waals surface area contributed by atoms with Crippen LogP contribution in [0.15, 0.2) is 30.3 Å². The summed E-state index contributed by atoms with van der Waals surface area (Å²) in [7, 11) is -3.90. The van der Waals surface area contributed by atoms with Crippen LogP contribution in [0.3, 0.4) is 0 Å². The number of benzene rings is 1. The van der Waals surface area contributed by atoms with Crippen molar-refractivity contribution in [3.8, 4) is 0 Å². The summed E-state index contributed by atoms with van der Waals surface area (Å²) in [5.74, 6) is -1.39. The maximum atomic E-state index is 12.0. The van der Waals surface area contributed by atoms with Gasteiger partial charge in [-0.3, -0.25) is 18.6 Å². The molecule has 124 valence electrons. The second-order valence-electron chi connectivity index (χ2n) is 4.56. The Morgan fingerprint density at radius 2 is 1.78 bits per heavy atom. The third-order valence-corrected chi connectivity index (χ3v) is 4.18. The van der Waals surface area contributed by atoms with Crippen molar-refractivity contribution in [1.29, 1.82) is 0 Å². The zero-order valence-corrected chi connectivity index (χ0v) is 13.6. The van der Waals surface area contributed by atoms with Crippen molar-refractivity contribution in [1.82, 2.24) is 5.06 Å². The molecule has 1 aromatic rings. The average molecular weight is 359 g/mol. The van der Waals surface area contributed by atoms with E-state index in [9.17, 15) is 18.6 Å². The molecule has 0 N–H and O–H groups in total. The number of imide groups is 1. The number of amides is 2. The summed E-state index contributed by atoms with van der Waals surface area (Å²) in [5.41, 5.74) is 0.673. The van der Waals surface area contributed by atoms with E-state index in [1.165, 1.54) is 0 Å². The number of hydrogen-bond acceptors (Lipinski definition) is 8. The molecule has 10 heteroatoms. The van der Waals surface area contributed by atoms with Crippen molar-refractivity contribution in [3.63, 3.8) is 0 Å². The SMILES string of the molecule is CC(OS(=O)(=S)OC(=O)ON1C(=O)CCC1=O)c1ccccc1. The standard InChI is InChI=1S/C13H13NO7S2/c1-9(10-5-3-2-4-6-10)20-23(18,22)21-13(17)19-14-11(15)7-8-12(14)16/h2-6,9H,7-8H2,1H3. The molecular formula is C13H13NO7S2. The maximum Gasteiger partial charge on any atom is 0.550 e. The molecule has 2 amide bonds. The van der Waals surface area contributed by atoms with Crippen LogP contribution in [0, 0.1) is 0 Å². The first-order valence-electron chi connectivity index (χ1n) is 6.54. The Bertz CT molecular complexity index is 701. The second kappa shape index (κ2) is 7.02. The monoisotopic (exact) mass is 359 g/mol. The number of carbonyl (C=O) groups excluding carboxylic acids is 3. The molecule has 1 fully saturated rings. The van der Waals surface area contributed by atoms with E-state index in [0.29, 0.717) is 5.56 Å². The van der Waals surface area contributed by atoms with E-state index in [1.807, 2.05) is 0 Å². The van der Waals surface area contributed by atoms with Crippen LogP contribution in [0.1, 0.15) is 31.4 Å². The topological polar surface area (TPSA) is 99.2 Å². The van der Waals surface area contributed by atoms with Gasteiger partial charge in [0.25, 0.3) is 11.8 Å². The van der Waals surface area contributed by atoms with Crippen molar-refractivity contribution in [3.05, 3.63) is 35.9 Å². The van der Waals surface area contributed by atoms with Crippen LogP contribution >= 0.6 is 0 Å². The Morgan fingerprint density at radius 3 is 2.35 bits per heavy atom. The molecule has 0 bridgehead atoms. The van der Waals surface area contributed by atoms with Gasteiger partial charge in [-0.2, -0.15) is 4.21 Å². The minimum atomic E-state index is -3.90. The van der Waals surface area contributed by atoms with E-state index in [-0.39, 0.29) is 17.9 Å². The predicted octanol–water partition coefficient (Wildman–Crippen LogP) is 1.56. The molecule has 0 radical (unpaired) electrons. The van der Waals surface area contributed by atoms with Crippen LogP contribution in [0.4, 0.5) is 4.79 Å². The van der Waals surface area contributed by atoms with E-state index in [0.717, 1.165) is 0 Å². The lowest BCUT2D eigenvalue weighted by Gasteiger charge is -2.16. The Labute approximate surface area is 137 Å². The molecule has 8 nitrogen and oxygen atoms in total. The van der Waals surface area contributed by atoms with Gasteiger partial charge in [0.2, 0.25) is 0 Å². The van der Waals surface area contributed by atoms with Gasteiger partial charge in [-0.15, -0.1) is 0 Å². The minimum Gasteiger partial charge on any atom is -0.309 e. The summed E-state index contributed by atoms with van der Waals surface area (Å²) < 4.78 is 21.4. The van der Waals surface area contributed by atoms with Gasteiger partial charge in [-0.05, 0) is 12.5 Å². The Hall–Kier alpha value is -2.04. The van der Waals surface area contributed by atoms with Gasteiger partial charge in [-0.1, -0.05) is 35.4 Å². The normalized spacial score (nSPS) is 18.4. The molecule has 2 rings (SSSR count). The minimum absolute atomic E-state index is 0.0725. The van der Waals surface area contributed by atoms with E-state index in [4.69, 9.17) is 4.18 Å². The highest BCUT2D eigenvalue weighted by atomic mass is 32.9. The number of carbonyl (C=O) groups is 3. The molecule has 23 heavy (non-hydrogen) atoms. The van der Waals surface area contributed by atoms with Gasteiger partial charge in [0.1, 0.15) is 6.10 Å². The Balaban J connectivity index is 1.94. The van der Waals surface area contributed by atoms with Gasteiger partial charge in [0, 0.05) is 12.8 Å². The lowest BCUT2D eigenvalue weighted by Crippen LogP contribution is -2.33. The molecule has 0 spiro atoms. The zero-order valence-electron chi connectivity index (χ0n) is 12.0. The van der Waals surface area contributed by atoms with Crippen LogP contribution in [-0.2, 0) is 43.0 Å². The maximum absolute atomic E-state index is 12.0. The average Bonchev–Trinajstić information content (AvgIpc) is 2.79. The number of hydrogen-bond donors (Lipinski definition) is 0. The lowest BCUT2D eigenvalue weighted by atomic mass is 10.1. The van der Waals surface area contributed by atoms with Crippen molar-refractivity contribution in [2.45, 2.75) is 25.9 Å². The summed E-state index contributed by atoms with van der Waals surface area (Å²) in [6.45, 7) is 1.57. The quantitative estimate of drug-likeness (QED) is 0.730. The Morgan fingerprint density at radius 1 is 1.22 bits per heavy atom. The fourth-order valence-corrected chi connectivity index (χ4v) is 3.03. The molecule has 2 atom stereocenters. The Kier molecular flexibility index (Phi) is 5.29. The highest BCUT2D eigenvalue weighted by Crippen LogP contribution is 2.20. The molecule has 0 aromatic heterocycles. The van der Waals surface area contributed by atoms with Crippen LogP contribution in [0.25, 0.3) is 0 Å². The second-order valence-corrected chi connectivity index (χ2v) is 6.96. The van der Waals surface area contributed by atoms with Gasteiger partial charge < -0.3 is 4.18 Å². The molecule has 1 aliphatic rings. The summed E-state index contributed by atoms with van der Waals surface area (Å²) >= 11 is 4.59. The van der Waals surface area contributed by atoms with Crippen molar-refractivity contribution >= 4 is 38.2 Å². The number of hydroxylamine groups is 2. The molecule has 0 aliphatic carbocycles. The first kappa shape index (κ1) is 17.3. The zero-order chi connectivity index (χ0) is 17.0. The molecule has 1 heterocycles. The van der Waals surface area contributed by atoms with Crippen molar-refractivity contribution in [2.24, 2.45) is 0 Å². The molecule has 1 saturated heterocycles. The highest BCUT2D eigenvalue weighted by molar-refractivity contribution is 8.27. The fraction of sp³-hybridized carbons (Fsp3) is 0.308. The molecule has 2 unspecified atom stereocenters. The van der Waals surface area contributed by atoms with Gasteiger partial charge in [-0.25, -0.2) is 4.79 Å². The lowest BCUT2D eigenvalue weighted by molar-refractivity contribution is -0.174. The summed E-state index contributed by atoms with van der Waals surface area (Å²) in [4.78, 5) is 38.5. The van der Waals surface area contributed by atoms with E-state index < -0.39 is 33.1 Å². The predicted molar refractivity (Wildman–Crippen MR) is 80.1 cm³/mol. The van der Waals surface area contributed by atoms with Crippen LogP contribution in [0.5, 0.6) is 0 Å². The fourth-order valence-electron chi connectivity index (χ4n) is 1.81. The van der Waals surface area contributed by atoms with E-state index in [2.05, 4.69) is 20.2 Å². The molecule has 1 aromatic carbocycles. The first-order chi connectivity index (χ1) is 10.8. The van der Waals surface area contributed by atoms with Crippen LogP contribution < -0.4 is 0 Å². The largest absolute Gasteiger partial charge is 0.550 e.